The number of halogens is 1. The SMILES string of the molecule is CCCCCCC(CCCCCC)CC(=O)O.O=C(O)CCCCCCCBr. The Bertz CT molecular complexity index is 335. The number of alkyl halides is 1. The van der Waals surface area contributed by atoms with Crippen LogP contribution in [0.4, 0.5) is 0 Å². The van der Waals surface area contributed by atoms with Crippen LogP contribution in [-0.4, -0.2) is 27.5 Å². The van der Waals surface area contributed by atoms with Gasteiger partial charge in [-0.1, -0.05) is 100 Å². The summed E-state index contributed by atoms with van der Waals surface area (Å²) >= 11 is 3.35. The Morgan fingerprint density at radius 1 is 0.679 bits per heavy atom. The Balaban J connectivity index is 0. The molecule has 4 nitrogen and oxygen atoms in total. The number of hydrogen-bond acceptors (Lipinski definition) is 2. The average molecular weight is 466 g/mol. The molecule has 0 fully saturated rings. The van der Waals surface area contributed by atoms with Gasteiger partial charge >= 0.3 is 11.9 Å². The maximum Gasteiger partial charge on any atom is 0.303 e. The van der Waals surface area contributed by atoms with Crippen LogP contribution in [0.15, 0.2) is 0 Å². The zero-order valence-corrected chi connectivity index (χ0v) is 20.0. The summed E-state index contributed by atoms with van der Waals surface area (Å²) in [4.78, 5) is 20.9. The second kappa shape index (κ2) is 24.5. The highest BCUT2D eigenvalue weighted by molar-refractivity contribution is 9.09. The second-order valence-electron chi connectivity index (χ2n) is 7.76. The lowest BCUT2D eigenvalue weighted by molar-refractivity contribution is -0.138. The molecule has 28 heavy (non-hydrogen) atoms. The number of carbonyl (C=O) groups is 2. The van der Waals surface area contributed by atoms with Gasteiger partial charge in [-0.25, -0.2) is 0 Å². The van der Waals surface area contributed by atoms with Crippen molar-refractivity contribution >= 4 is 27.9 Å². The predicted molar refractivity (Wildman–Crippen MR) is 122 cm³/mol. The van der Waals surface area contributed by atoms with Crippen LogP contribution in [0.1, 0.15) is 123 Å². The van der Waals surface area contributed by atoms with Crippen molar-refractivity contribution in [2.75, 3.05) is 5.33 Å². The Labute approximate surface area is 182 Å². The molecule has 0 saturated carbocycles. The van der Waals surface area contributed by atoms with Crippen LogP contribution in [-0.2, 0) is 9.59 Å². The summed E-state index contributed by atoms with van der Waals surface area (Å²) in [5, 5.41) is 18.3. The van der Waals surface area contributed by atoms with E-state index in [0.29, 0.717) is 18.8 Å². The summed E-state index contributed by atoms with van der Waals surface area (Å²) in [5.41, 5.74) is 0. The molecule has 0 aromatic carbocycles. The van der Waals surface area contributed by atoms with Crippen LogP contribution in [0.3, 0.4) is 0 Å². The Morgan fingerprint density at radius 2 is 1.14 bits per heavy atom. The van der Waals surface area contributed by atoms with Gasteiger partial charge in [-0.15, -0.1) is 0 Å². The molecule has 0 rings (SSSR count). The maximum atomic E-state index is 10.8. The van der Waals surface area contributed by atoms with Gasteiger partial charge in [0, 0.05) is 18.2 Å². The third-order valence-electron chi connectivity index (χ3n) is 4.92. The van der Waals surface area contributed by atoms with Crippen LogP contribution in [0.25, 0.3) is 0 Å². The van der Waals surface area contributed by atoms with Crippen molar-refractivity contribution in [3.63, 3.8) is 0 Å². The summed E-state index contributed by atoms with van der Waals surface area (Å²) in [5.74, 6) is -0.882. The first-order valence-electron chi connectivity index (χ1n) is 11.5. The fourth-order valence-corrected chi connectivity index (χ4v) is 3.61. The first kappa shape index (κ1) is 29.6. The van der Waals surface area contributed by atoms with Gasteiger partial charge in [0.25, 0.3) is 0 Å². The Morgan fingerprint density at radius 3 is 1.57 bits per heavy atom. The molecule has 0 spiro atoms. The fourth-order valence-electron chi connectivity index (χ4n) is 3.22. The lowest BCUT2D eigenvalue weighted by atomic mass is 9.92. The average Bonchev–Trinajstić information content (AvgIpc) is 2.65. The van der Waals surface area contributed by atoms with Crippen LogP contribution in [0.5, 0.6) is 0 Å². The van der Waals surface area contributed by atoms with Gasteiger partial charge < -0.3 is 10.2 Å². The van der Waals surface area contributed by atoms with Gasteiger partial charge in [0.05, 0.1) is 0 Å². The molecule has 0 aliphatic rings. The van der Waals surface area contributed by atoms with Gasteiger partial charge in [-0.2, -0.15) is 0 Å². The molecule has 0 saturated heterocycles. The molecule has 0 bridgehead atoms. The van der Waals surface area contributed by atoms with E-state index in [4.69, 9.17) is 10.2 Å². The molecule has 0 aromatic rings. The molecule has 0 amide bonds. The highest BCUT2D eigenvalue weighted by atomic mass is 79.9. The topological polar surface area (TPSA) is 74.6 Å². The first-order chi connectivity index (χ1) is 13.5. The Kier molecular flexibility index (Phi) is 25.9. The van der Waals surface area contributed by atoms with Gasteiger partial charge in [0.15, 0.2) is 0 Å². The number of hydrogen-bond donors (Lipinski definition) is 2. The molecule has 0 atom stereocenters. The summed E-state index contributed by atoms with van der Waals surface area (Å²) in [6.07, 6.45) is 18.4. The number of carboxylic acids is 2. The smallest absolute Gasteiger partial charge is 0.303 e. The van der Waals surface area contributed by atoms with Crippen LogP contribution >= 0.6 is 15.9 Å². The summed E-state index contributed by atoms with van der Waals surface area (Å²) in [6.45, 7) is 4.42. The van der Waals surface area contributed by atoms with Crippen molar-refractivity contribution in [2.24, 2.45) is 5.92 Å². The van der Waals surface area contributed by atoms with Crippen molar-refractivity contribution in [3.05, 3.63) is 0 Å². The fraction of sp³-hybridized carbons (Fsp3) is 0.913. The van der Waals surface area contributed by atoms with Crippen LogP contribution in [0, 0.1) is 5.92 Å². The van der Waals surface area contributed by atoms with Gasteiger partial charge in [0.2, 0.25) is 0 Å². The van der Waals surface area contributed by atoms with E-state index in [2.05, 4.69) is 29.8 Å². The third-order valence-corrected chi connectivity index (χ3v) is 5.48. The second-order valence-corrected chi connectivity index (χ2v) is 8.56. The predicted octanol–water partition coefficient (Wildman–Crippen LogP) is 7.82. The van der Waals surface area contributed by atoms with E-state index in [1.54, 1.807) is 0 Å². The first-order valence-corrected chi connectivity index (χ1v) is 12.6. The highest BCUT2D eigenvalue weighted by Crippen LogP contribution is 2.21. The van der Waals surface area contributed by atoms with Crippen molar-refractivity contribution in [1.82, 2.24) is 0 Å². The van der Waals surface area contributed by atoms with Crippen molar-refractivity contribution in [2.45, 2.75) is 123 Å². The zero-order valence-electron chi connectivity index (χ0n) is 18.4. The maximum absolute atomic E-state index is 10.8. The van der Waals surface area contributed by atoms with Crippen molar-refractivity contribution < 1.29 is 19.8 Å². The molecule has 0 aliphatic carbocycles. The summed E-state index contributed by atoms with van der Waals surface area (Å²) < 4.78 is 0. The van der Waals surface area contributed by atoms with Gasteiger partial charge in [-0.05, 0) is 31.6 Å². The van der Waals surface area contributed by atoms with E-state index in [0.717, 1.165) is 31.0 Å². The number of carboxylic acid groups (broad SMARTS) is 2. The normalized spacial score (nSPS) is 10.6. The van der Waals surface area contributed by atoms with E-state index in [-0.39, 0.29) is 0 Å². The quantitative estimate of drug-likeness (QED) is 0.151. The molecular weight excluding hydrogens is 420 g/mol. The summed E-state index contributed by atoms with van der Waals surface area (Å²) in [6, 6.07) is 0. The zero-order chi connectivity index (χ0) is 21.5. The standard InChI is InChI=1S/C15H30O2.C8H15BrO2/c1-3-5-7-9-11-14(13-15(16)17)12-10-8-6-4-2;9-7-5-3-1-2-4-6-8(10)11/h14H,3-13H2,1-2H3,(H,16,17);1-7H2,(H,10,11). The minimum Gasteiger partial charge on any atom is -0.481 e. The molecule has 0 aliphatic heterocycles. The molecule has 2 N–H and O–H groups in total. The molecule has 0 unspecified atom stereocenters. The molecule has 5 heteroatoms. The lowest BCUT2D eigenvalue weighted by Gasteiger charge is -2.14. The molecule has 0 heterocycles. The summed E-state index contributed by atoms with van der Waals surface area (Å²) in [7, 11) is 0. The van der Waals surface area contributed by atoms with Crippen LogP contribution < -0.4 is 0 Å². The molecule has 0 aromatic heterocycles. The van der Waals surface area contributed by atoms with Gasteiger partial charge in [-0.3, -0.25) is 9.59 Å². The number of rotatable bonds is 19. The van der Waals surface area contributed by atoms with E-state index in [1.165, 1.54) is 70.6 Å². The molecule has 168 valence electrons. The van der Waals surface area contributed by atoms with E-state index >= 15 is 0 Å². The van der Waals surface area contributed by atoms with Crippen molar-refractivity contribution in [3.8, 4) is 0 Å². The van der Waals surface area contributed by atoms with E-state index in [9.17, 15) is 9.59 Å². The Hall–Kier alpha value is -0.580. The van der Waals surface area contributed by atoms with Crippen molar-refractivity contribution in [1.29, 1.82) is 0 Å². The molecular formula is C23H45BrO4. The van der Waals surface area contributed by atoms with E-state index in [1.807, 2.05) is 0 Å². The third kappa shape index (κ3) is 27.6. The van der Waals surface area contributed by atoms with E-state index < -0.39 is 11.9 Å². The largest absolute Gasteiger partial charge is 0.481 e. The van der Waals surface area contributed by atoms with Crippen LogP contribution in [0.2, 0.25) is 0 Å². The monoisotopic (exact) mass is 464 g/mol. The number of unbranched alkanes of at least 4 members (excludes halogenated alkanes) is 10. The van der Waals surface area contributed by atoms with Gasteiger partial charge in [0.1, 0.15) is 0 Å². The minimum atomic E-state index is -0.675. The highest BCUT2D eigenvalue weighted by Gasteiger charge is 2.12. The minimum absolute atomic E-state index is 0.328. The lowest BCUT2D eigenvalue weighted by Crippen LogP contribution is -2.08. The number of aliphatic carboxylic acids is 2. The molecule has 0 radical (unpaired) electrons.